The molecule has 0 amide bonds. The van der Waals surface area contributed by atoms with Crippen LogP contribution in [0.3, 0.4) is 0 Å². The molecule has 0 saturated carbocycles. The Morgan fingerprint density at radius 2 is 1.77 bits per heavy atom. The number of halogens is 3. The van der Waals surface area contributed by atoms with Crippen molar-refractivity contribution in [3.05, 3.63) is 63.8 Å². The van der Waals surface area contributed by atoms with Gasteiger partial charge in [0.25, 0.3) is 5.56 Å². The average molecular weight is 454 g/mol. The molecule has 30 heavy (non-hydrogen) atoms. The predicted molar refractivity (Wildman–Crippen MR) is 109 cm³/mol. The third kappa shape index (κ3) is 3.34. The lowest BCUT2D eigenvalue weighted by Crippen LogP contribution is -2.28. The molecule has 0 aliphatic carbocycles. The highest BCUT2D eigenvalue weighted by Gasteiger charge is 2.49. The van der Waals surface area contributed by atoms with Gasteiger partial charge in [-0.2, -0.15) is 21.6 Å². The molecule has 3 N–H and O–H groups in total. The van der Waals surface area contributed by atoms with Gasteiger partial charge < -0.3 is 14.9 Å². The Morgan fingerprint density at radius 3 is 2.40 bits per heavy atom. The first-order valence-corrected chi connectivity index (χ1v) is 10.8. The van der Waals surface area contributed by atoms with Crippen molar-refractivity contribution < 1.29 is 25.8 Å². The molecule has 2 aromatic heterocycles. The van der Waals surface area contributed by atoms with Gasteiger partial charge in [0.1, 0.15) is 4.70 Å². The molecule has 0 aliphatic rings. The van der Waals surface area contributed by atoms with Gasteiger partial charge in [-0.05, 0) is 34.7 Å². The number of thiophene rings is 1. The third-order valence-corrected chi connectivity index (χ3v) is 6.40. The van der Waals surface area contributed by atoms with E-state index >= 15 is 0 Å². The highest BCUT2D eigenvalue weighted by atomic mass is 32.2. The van der Waals surface area contributed by atoms with Crippen molar-refractivity contribution in [3.63, 3.8) is 0 Å². The normalized spacial score (nSPS) is 12.5. The summed E-state index contributed by atoms with van der Waals surface area (Å²) in [7, 11) is -5.90. The van der Waals surface area contributed by atoms with Gasteiger partial charge in [0.2, 0.25) is 0 Å². The maximum atomic E-state index is 12.9. The number of fused-ring (bicyclic) bond motifs is 3. The van der Waals surface area contributed by atoms with Crippen molar-refractivity contribution in [2.45, 2.75) is 12.1 Å². The number of alkyl halides is 3. The summed E-state index contributed by atoms with van der Waals surface area (Å²) < 4.78 is 67.1. The van der Waals surface area contributed by atoms with Crippen LogP contribution in [0.5, 0.6) is 5.75 Å². The molecule has 4 rings (SSSR count). The van der Waals surface area contributed by atoms with E-state index in [4.69, 9.17) is 5.73 Å². The smallest absolute Gasteiger partial charge is 0.375 e. The van der Waals surface area contributed by atoms with E-state index in [9.17, 15) is 26.4 Å². The molecule has 0 radical (unpaired) electrons. The Hall–Kier alpha value is -2.89. The third-order valence-electron chi connectivity index (χ3n) is 4.52. The van der Waals surface area contributed by atoms with E-state index in [1.165, 1.54) is 6.07 Å². The first kappa shape index (κ1) is 20.4. The summed E-state index contributed by atoms with van der Waals surface area (Å²) in [4.78, 5) is 15.0. The van der Waals surface area contributed by atoms with Crippen LogP contribution in [0.4, 0.5) is 13.2 Å². The van der Waals surface area contributed by atoms with E-state index in [-0.39, 0.29) is 17.7 Å². The number of pyridine rings is 1. The zero-order valence-electron chi connectivity index (χ0n) is 15.0. The molecule has 0 fully saturated rings. The first-order chi connectivity index (χ1) is 14.1. The lowest BCUT2D eigenvalue weighted by molar-refractivity contribution is -0.0499. The van der Waals surface area contributed by atoms with Crippen molar-refractivity contribution in [2.75, 3.05) is 0 Å². The fourth-order valence-corrected chi connectivity index (χ4v) is 4.42. The van der Waals surface area contributed by atoms with Crippen LogP contribution in [0.25, 0.3) is 32.1 Å². The van der Waals surface area contributed by atoms with Crippen LogP contribution in [0, 0.1) is 0 Å². The van der Waals surface area contributed by atoms with Crippen LogP contribution in [-0.2, 0) is 16.7 Å². The maximum Gasteiger partial charge on any atom is 0.534 e. The molecule has 0 unspecified atom stereocenters. The van der Waals surface area contributed by atoms with Crippen LogP contribution in [-0.4, -0.2) is 18.9 Å². The van der Waals surface area contributed by atoms with Gasteiger partial charge >= 0.3 is 15.6 Å². The van der Waals surface area contributed by atoms with Crippen LogP contribution >= 0.6 is 11.3 Å². The highest BCUT2D eigenvalue weighted by Crippen LogP contribution is 2.42. The number of H-pyrrole nitrogens is 1. The summed E-state index contributed by atoms with van der Waals surface area (Å²) in [6, 6.07) is 10.6. The van der Waals surface area contributed by atoms with Crippen LogP contribution in [0.2, 0.25) is 0 Å². The van der Waals surface area contributed by atoms with Crippen LogP contribution < -0.4 is 15.5 Å². The minimum Gasteiger partial charge on any atom is -0.375 e. The quantitative estimate of drug-likeness (QED) is 0.357. The molecule has 0 aliphatic heterocycles. The zero-order valence-corrected chi connectivity index (χ0v) is 16.6. The van der Waals surface area contributed by atoms with E-state index in [2.05, 4.69) is 9.17 Å². The zero-order chi connectivity index (χ0) is 21.7. The average Bonchev–Trinajstić information content (AvgIpc) is 3.18. The number of aromatic amines is 1. The summed E-state index contributed by atoms with van der Waals surface area (Å²) >= 11 is 1.16. The SMILES string of the molecule is NCc1ccc(-c2c(OS(=O)(=O)C(F)(F)F)ccc3[nH]c(=O)c4sccc4c23)cc1. The van der Waals surface area contributed by atoms with Crippen molar-refractivity contribution in [3.8, 4) is 16.9 Å². The van der Waals surface area contributed by atoms with Gasteiger partial charge in [0.05, 0.1) is 0 Å². The van der Waals surface area contributed by atoms with Gasteiger partial charge in [-0.15, -0.1) is 11.3 Å². The van der Waals surface area contributed by atoms with Crippen LogP contribution in [0.1, 0.15) is 5.56 Å². The number of hydrogen-bond acceptors (Lipinski definition) is 6. The summed E-state index contributed by atoms with van der Waals surface area (Å²) in [5.74, 6) is -0.500. The monoisotopic (exact) mass is 454 g/mol. The van der Waals surface area contributed by atoms with E-state index in [0.717, 1.165) is 23.0 Å². The van der Waals surface area contributed by atoms with Crippen molar-refractivity contribution in [1.82, 2.24) is 4.98 Å². The molecule has 156 valence electrons. The number of nitrogens with two attached hydrogens (primary N) is 1. The van der Waals surface area contributed by atoms with E-state index in [0.29, 0.717) is 26.6 Å². The molecule has 4 aromatic rings. The fraction of sp³-hybridized carbons (Fsp3) is 0.105. The number of rotatable bonds is 4. The Kier molecular flexibility index (Phi) is 4.83. The summed E-state index contributed by atoms with van der Waals surface area (Å²) in [5.41, 5.74) is 1.29. The fourth-order valence-electron chi connectivity index (χ4n) is 3.16. The Labute approximate surface area is 171 Å². The lowest BCUT2D eigenvalue weighted by Gasteiger charge is -2.16. The lowest BCUT2D eigenvalue weighted by atomic mass is 9.96. The number of aromatic nitrogens is 1. The minimum atomic E-state index is -5.90. The second-order valence-corrected chi connectivity index (χ2v) is 8.82. The molecule has 0 spiro atoms. The molecular weight excluding hydrogens is 441 g/mol. The minimum absolute atomic E-state index is 0.114. The van der Waals surface area contributed by atoms with Gasteiger partial charge in [-0.3, -0.25) is 4.79 Å². The van der Waals surface area contributed by atoms with E-state index in [1.807, 2.05) is 0 Å². The summed E-state index contributed by atoms with van der Waals surface area (Å²) in [6.07, 6.45) is 0. The number of hydrogen-bond donors (Lipinski definition) is 2. The topological polar surface area (TPSA) is 102 Å². The first-order valence-electron chi connectivity index (χ1n) is 8.49. The highest BCUT2D eigenvalue weighted by molar-refractivity contribution is 7.88. The number of nitrogens with one attached hydrogen (secondary N) is 1. The van der Waals surface area contributed by atoms with Gasteiger partial charge in [0.15, 0.2) is 5.75 Å². The standard InChI is InChI=1S/C19H13F3N2O4S2/c20-19(21,22)30(26,27)28-14-6-5-13-16(12-7-8-29-17(12)18(25)24-13)15(14)11-3-1-10(9-23)2-4-11/h1-8H,9,23H2,(H,24,25). The second kappa shape index (κ2) is 7.11. The molecule has 0 atom stereocenters. The molecular formula is C19H13F3N2O4S2. The van der Waals surface area contributed by atoms with Gasteiger partial charge in [0, 0.05) is 28.4 Å². The number of benzene rings is 2. The predicted octanol–water partition coefficient (Wildman–Crippen LogP) is 4.10. The molecule has 6 nitrogen and oxygen atoms in total. The Bertz CT molecular complexity index is 1420. The largest absolute Gasteiger partial charge is 0.534 e. The van der Waals surface area contributed by atoms with E-state index in [1.54, 1.807) is 35.7 Å². The molecule has 0 bridgehead atoms. The molecule has 0 saturated heterocycles. The Morgan fingerprint density at radius 1 is 1.07 bits per heavy atom. The molecule has 2 heterocycles. The van der Waals surface area contributed by atoms with Crippen molar-refractivity contribution in [2.24, 2.45) is 5.73 Å². The van der Waals surface area contributed by atoms with Gasteiger partial charge in [-0.1, -0.05) is 24.3 Å². The van der Waals surface area contributed by atoms with Crippen molar-refractivity contribution >= 4 is 42.4 Å². The summed E-state index contributed by atoms with van der Waals surface area (Å²) in [5, 5.41) is 2.52. The van der Waals surface area contributed by atoms with Crippen molar-refractivity contribution in [1.29, 1.82) is 0 Å². The van der Waals surface area contributed by atoms with E-state index < -0.39 is 21.4 Å². The van der Waals surface area contributed by atoms with Gasteiger partial charge in [-0.25, -0.2) is 0 Å². The second-order valence-electron chi connectivity index (χ2n) is 6.36. The summed E-state index contributed by atoms with van der Waals surface area (Å²) in [6.45, 7) is 0.254. The maximum absolute atomic E-state index is 12.9. The molecule has 2 aromatic carbocycles. The molecule has 11 heteroatoms. The Balaban J connectivity index is 2.09. The van der Waals surface area contributed by atoms with Crippen LogP contribution in [0.15, 0.2) is 52.6 Å².